The minimum atomic E-state index is -4.78. The number of carbonyl (C=O) groups excluding carboxylic acids is 2. The minimum absolute atomic E-state index is 0.0180. The molecule has 3 rings (SSSR count). The molecule has 1 N–H and O–H groups in total. The number of aromatic nitrogens is 1. The van der Waals surface area contributed by atoms with Gasteiger partial charge in [0.15, 0.2) is 0 Å². The van der Waals surface area contributed by atoms with Gasteiger partial charge in [-0.15, -0.1) is 0 Å². The predicted octanol–water partition coefficient (Wildman–Crippen LogP) is 3.66. The van der Waals surface area contributed by atoms with Crippen molar-refractivity contribution in [2.75, 3.05) is 34.8 Å². The third kappa shape index (κ3) is 4.74. The molecule has 1 unspecified atom stereocenters. The number of amides is 1. The van der Waals surface area contributed by atoms with E-state index >= 15 is 0 Å². The minimum Gasteiger partial charge on any atom is -0.360 e. The number of alkyl halides is 3. The molecule has 1 aliphatic heterocycles. The quantitative estimate of drug-likeness (QED) is 0.538. The highest BCUT2D eigenvalue weighted by molar-refractivity contribution is 6.02. The smallest absolute Gasteiger partial charge is 0.360 e. The number of pyridine rings is 1. The molecule has 11 heteroatoms. The molecule has 1 aromatic heterocycles. The standard InChI is InChI=1S/C22H21F4N5O2/c1-3-31-18-6-4-5-16(23)19(18)30(9-10-32)8-7-17(21(31)33)29-20-14(12-27)15(22(24,25)26)11-13(2)28-20/h4-6,10-11,17H,3,7-9H2,1-2H3,(H,28,29). The number of benzene rings is 1. The summed E-state index contributed by atoms with van der Waals surface area (Å²) in [5.41, 5.74) is -1.51. The van der Waals surface area contributed by atoms with Gasteiger partial charge >= 0.3 is 6.18 Å². The molecule has 1 aliphatic rings. The molecule has 1 atom stereocenters. The van der Waals surface area contributed by atoms with Crippen LogP contribution in [-0.4, -0.2) is 42.9 Å². The zero-order valence-electron chi connectivity index (χ0n) is 17.9. The van der Waals surface area contributed by atoms with Crippen LogP contribution in [0.4, 0.5) is 34.8 Å². The van der Waals surface area contributed by atoms with Gasteiger partial charge in [0.05, 0.1) is 23.5 Å². The third-order valence-electron chi connectivity index (χ3n) is 5.31. The number of anilines is 3. The van der Waals surface area contributed by atoms with Gasteiger partial charge in [-0.2, -0.15) is 18.4 Å². The second-order valence-corrected chi connectivity index (χ2v) is 7.43. The Hall–Kier alpha value is -3.68. The average molecular weight is 463 g/mol. The topological polar surface area (TPSA) is 89.3 Å². The first-order valence-corrected chi connectivity index (χ1v) is 10.2. The van der Waals surface area contributed by atoms with Crippen LogP contribution in [0, 0.1) is 24.1 Å². The number of aryl methyl sites for hydroxylation is 1. The molecule has 2 heterocycles. The van der Waals surface area contributed by atoms with Gasteiger partial charge < -0.3 is 19.9 Å². The first kappa shape index (κ1) is 24.0. The van der Waals surface area contributed by atoms with E-state index in [2.05, 4.69) is 10.3 Å². The zero-order chi connectivity index (χ0) is 24.3. The highest BCUT2D eigenvalue weighted by Crippen LogP contribution is 2.37. The number of rotatable bonds is 5. The van der Waals surface area contributed by atoms with Gasteiger partial charge in [-0.25, -0.2) is 9.37 Å². The zero-order valence-corrected chi connectivity index (χ0v) is 17.9. The van der Waals surface area contributed by atoms with Crippen LogP contribution < -0.4 is 15.1 Å². The maximum Gasteiger partial charge on any atom is 0.417 e. The monoisotopic (exact) mass is 463 g/mol. The van der Waals surface area contributed by atoms with E-state index in [0.29, 0.717) is 6.29 Å². The van der Waals surface area contributed by atoms with Crippen molar-refractivity contribution in [3.05, 3.63) is 46.9 Å². The van der Waals surface area contributed by atoms with Gasteiger partial charge in [0.2, 0.25) is 5.91 Å². The number of hydrogen-bond acceptors (Lipinski definition) is 6. The Labute approximate surface area is 187 Å². The summed E-state index contributed by atoms with van der Waals surface area (Å²) in [5, 5.41) is 12.1. The number of hydrogen-bond donors (Lipinski definition) is 1. The van der Waals surface area contributed by atoms with Crippen LogP contribution in [0.15, 0.2) is 24.3 Å². The van der Waals surface area contributed by atoms with Crippen molar-refractivity contribution in [3.63, 3.8) is 0 Å². The van der Waals surface area contributed by atoms with Crippen LogP contribution in [0.1, 0.15) is 30.2 Å². The van der Waals surface area contributed by atoms with Crippen molar-refractivity contribution in [1.29, 1.82) is 5.26 Å². The maximum absolute atomic E-state index is 14.7. The number of nitriles is 1. The molecule has 0 bridgehead atoms. The van der Waals surface area contributed by atoms with Crippen molar-refractivity contribution < 1.29 is 27.2 Å². The lowest BCUT2D eigenvalue weighted by Gasteiger charge is -2.36. The molecule has 0 spiro atoms. The Morgan fingerprint density at radius 2 is 2.09 bits per heavy atom. The van der Waals surface area contributed by atoms with Gasteiger partial charge in [0.25, 0.3) is 0 Å². The number of para-hydroxylation sites is 1. The molecule has 7 nitrogen and oxygen atoms in total. The van der Waals surface area contributed by atoms with Crippen LogP contribution in [0.3, 0.4) is 0 Å². The molecule has 1 aromatic carbocycles. The molecule has 174 valence electrons. The first-order valence-electron chi connectivity index (χ1n) is 10.2. The van der Waals surface area contributed by atoms with Gasteiger partial charge in [-0.3, -0.25) is 4.79 Å². The maximum atomic E-state index is 14.7. The molecule has 1 amide bonds. The molecular formula is C22H21F4N5O2. The second-order valence-electron chi connectivity index (χ2n) is 7.43. The molecule has 0 saturated carbocycles. The van der Waals surface area contributed by atoms with Crippen molar-refractivity contribution in [2.24, 2.45) is 0 Å². The normalized spacial score (nSPS) is 16.5. The lowest BCUT2D eigenvalue weighted by Crippen LogP contribution is -2.48. The van der Waals surface area contributed by atoms with Gasteiger partial charge in [0.1, 0.15) is 35.6 Å². The number of likely N-dealkylation sites (N-methyl/N-ethyl adjacent to an activating group) is 1. The Kier molecular flexibility index (Phi) is 6.86. The number of halogens is 4. The highest BCUT2D eigenvalue weighted by Gasteiger charge is 2.37. The van der Waals surface area contributed by atoms with Crippen LogP contribution in [0.5, 0.6) is 0 Å². The van der Waals surface area contributed by atoms with Crippen molar-refractivity contribution in [3.8, 4) is 6.07 Å². The Morgan fingerprint density at radius 3 is 2.70 bits per heavy atom. The van der Waals surface area contributed by atoms with Gasteiger partial charge in [0, 0.05) is 18.8 Å². The fraction of sp³-hybridized carbons (Fsp3) is 0.364. The van der Waals surface area contributed by atoms with Gasteiger partial charge in [-0.1, -0.05) is 6.07 Å². The summed E-state index contributed by atoms with van der Waals surface area (Å²) in [5.74, 6) is -1.48. The fourth-order valence-corrected chi connectivity index (χ4v) is 3.87. The van der Waals surface area contributed by atoms with E-state index in [0.717, 1.165) is 6.07 Å². The number of carbonyl (C=O) groups is 2. The van der Waals surface area contributed by atoms with Crippen LogP contribution in [0.2, 0.25) is 0 Å². The fourth-order valence-electron chi connectivity index (χ4n) is 3.87. The molecule has 0 saturated heterocycles. The summed E-state index contributed by atoms with van der Waals surface area (Å²) in [6.45, 7) is 3.08. The summed E-state index contributed by atoms with van der Waals surface area (Å²) in [7, 11) is 0. The van der Waals surface area contributed by atoms with Crippen LogP contribution in [0.25, 0.3) is 0 Å². The molecule has 0 radical (unpaired) electrons. The van der Waals surface area contributed by atoms with Gasteiger partial charge in [-0.05, 0) is 38.5 Å². The van der Waals surface area contributed by atoms with E-state index in [-0.39, 0.29) is 48.9 Å². The van der Waals surface area contributed by atoms with E-state index < -0.39 is 35.1 Å². The SMILES string of the molecule is CCN1C(=O)C(Nc2nc(C)cc(C(F)(F)F)c2C#N)CCN(CC=O)c2c(F)cccc21. The Bertz CT molecular complexity index is 1110. The summed E-state index contributed by atoms with van der Waals surface area (Å²) < 4.78 is 55.1. The predicted molar refractivity (Wildman–Crippen MR) is 113 cm³/mol. The average Bonchev–Trinajstić information content (AvgIpc) is 2.74. The summed E-state index contributed by atoms with van der Waals surface area (Å²) in [6, 6.07) is 5.42. The summed E-state index contributed by atoms with van der Waals surface area (Å²) >= 11 is 0. The highest BCUT2D eigenvalue weighted by atomic mass is 19.4. The Morgan fingerprint density at radius 1 is 1.36 bits per heavy atom. The molecule has 33 heavy (non-hydrogen) atoms. The van der Waals surface area contributed by atoms with E-state index in [1.165, 1.54) is 41.0 Å². The summed E-state index contributed by atoms with van der Waals surface area (Å²) in [6.07, 6.45) is -4.16. The van der Waals surface area contributed by atoms with Crippen LogP contribution in [-0.2, 0) is 15.8 Å². The first-order chi connectivity index (χ1) is 15.6. The van der Waals surface area contributed by atoms with Crippen molar-refractivity contribution in [1.82, 2.24) is 4.98 Å². The molecule has 0 fully saturated rings. The number of aldehydes is 1. The number of nitrogens with zero attached hydrogens (tertiary/aromatic N) is 4. The second kappa shape index (κ2) is 9.44. The van der Waals surface area contributed by atoms with Crippen molar-refractivity contribution >= 4 is 29.4 Å². The largest absolute Gasteiger partial charge is 0.417 e. The van der Waals surface area contributed by atoms with Crippen LogP contribution >= 0.6 is 0 Å². The lowest BCUT2D eigenvalue weighted by atomic mass is 10.0. The molecule has 2 aromatic rings. The lowest BCUT2D eigenvalue weighted by molar-refractivity contribution is -0.137. The third-order valence-corrected chi connectivity index (χ3v) is 5.31. The number of fused-ring (bicyclic) bond motifs is 1. The number of nitrogens with one attached hydrogen (secondary N) is 1. The Balaban J connectivity index is 2.08. The molecule has 0 aliphatic carbocycles. The van der Waals surface area contributed by atoms with E-state index in [9.17, 15) is 32.4 Å². The molecular weight excluding hydrogens is 442 g/mol. The summed E-state index contributed by atoms with van der Waals surface area (Å²) in [4.78, 5) is 31.4. The van der Waals surface area contributed by atoms with E-state index in [1.54, 1.807) is 6.92 Å². The van der Waals surface area contributed by atoms with Crippen molar-refractivity contribution in [2.45, 2.75) is 32.5 Å². The van der Waals surface area contributed by atoms with E-state index in [4.69, 9.17) is 0 Å². The van der Waals surface area contributed by atoms with E-state index in [1.807, 2.05) is 0 Å².